The van der Waals surface area contributed by atoms with Gasteiger partial charge < -0.3 is 15.0 Å². The smallest absolute Gasteiger partial charge is 0.409 e. The fourth-order valence-corrected chi connectivity index (χ4v) is 4.69. The second kappa shape index (κ2) is 8.07. The molecule has 2 aliphatic rings. The molecule has 2 aromatic carbocycles. The largest absolute Gasteiger partial charge is 0.453 e. The van der Waals surface area contributed by atoms with Gasteiger partial charge in [-0.3, -0.25) is 4.79 Å². The maximum absolute atomic E-state index is 13.4. The predicted molar refractivity (Wildman–Crippen MR) is 113 cm³/mol. The molecule has 0 bridgehead atoms. The third-order valence-corrected chi connectivity index (χ3v) is 6.45. The van der Waals surface area contributed by atoms with Gasteiger partial charge in [0.1, 0.15) is 0 Å². The van der Waals surface area contributed by atoms with Crippen LogP contribution in [0.3, 0.4) is 0 Å². The Morgan fingerprint density at radius 1 is 1.07 bits per heavy atom. The van der Waals surface area contributed by atoms with E-state index in [1.54, 1.807) is 4.90 Å². The van der Waals surface area contributed by atoms with Crippen LogP contribution in [0.2, 0.25) is 5.02 Å². The Labute approximate surface area is 176 Å². The molecule has 4 rings (SSSR count). The summed E-state index contributed by atoms with van der Waals surface area (Å²) in [6, 6.07) is 13.6. The minimum absolute atomic E-state index is 0.0258. The van der Waals surface area contributed by atoms with Crippen LogP contribution in [0.5, 0.6) is 0 Å². The Morgan fingerprint density at radius 3 is 2.48 bits per heavy atom. The molecule has 1 N–H and O–H groups in total. The summed E-state index contributed by atoms with van der Waals surface area (Å²) in [7, 11) is 1.40. The number of rotatable bonds is 3. The van der Waals surface area contributed by atoms with Crippen LogP contribution < -0.4 is 5.32 Å². The lowest BCUT2D eigenvalue weighted by molar-refractivity contribution is -0.121. The first-order chi connectivity index (χ1) is 14.0. The van der Waals surface area contributed by atoms with Crippen molar-refractivity contribution in [2.24, 2.45) is 0 Å². The number of fused-ring (bicyclic) bond motifs is 1. The van der Waals surface area contributed by atoms with Crippen LogP contribution in [0.25, 0.3) is 0 Å². The van der Waals surface area contributed by atoms with Crippen LogP contribution in [-0.4, -0.2) is 30.6 Å². The molecule has 1 heterocycles. The maximum Gasteiger partial charge on any atom is 0.409 e. The van der Waals surface area contributed by atoms with Gasteiger partial charge in [0.2, 0.25) is 5.91 Å². The average molecular weight is 413 g/mol. The molecule has 0 atom stereocenters. The number of nitrogens with zero attached hydrogens (tertiary/aromatic N) is 1. The third kappa shape index (κ3) is 3.84. The van der Waals surface area contributed by atoms with Crippen molar-refractivity contribution in [1.82, 2.24) is 4.90 Å². The number of nitrogens with one attached hydrogen (secondary N) is 1. The van der Waals surface area contributed by atoms with Gasteiger partial charge in [-0.25, -0.2) is 4.79 Å². The average Bonchev–Trinajstić information content (AvgIpc) is 3.24. The Bertz CT molecular complexity index is 920. The molecule has 0 aromatic heterocycles. The normalized spacial score (nSPS) is 17.5. The quantitative estimate of drug-likeness (QED) is 0.778. The van der Waals surface area contributed by atoms with E-state index >= 15 is 0 Å². The maximum atomic E-state index is 13.4. The summed E-state index contributed by atoms with van der Waals surface area (Å²) in [5, 5.41) is 3.81. The first-order valence-electron chi connectivity index (χ1n) is 10.0. The van der Waals surface area contributed by atoms with E-state index in [2.05, 4.69) is 5.32 Å². The predicted octanol–water partition coefficient (Wildman–Crippen LogP) is 4.92. The number of carbonyl (C=O) groups excluding carboxylic acids is 2. The highest BCUT2D eigenvalue weighted by atomic mass is 35.5. The van der Waals surface area contributed by atoms with E-state index in [9.17, 15) is 9.59 Å². The molecule has 1 aliphatic heterocycles. The second-order valence-corrected chi connectivity index (χ2v) is 8.31. The summed E-state index contributed by atoms with van der Waals surface area (Å²) in [4.78, 5) is 26.9. The zero-order valence-corrected chi connectivity index (χ0v) is 17.3. The van der Waals surface area contributed by atoms with E-state index in [1.165, 1.54) is 12.7 Å². The van der Waals surface area contributed by atoms with Gasteiger partial charge in [-0.2, -0.15) is 0 Å². The first-order valence-corrected chi connectivity index (χ1v) is 10.4. The summed E-state index contributed by atoms with van der Waals surface area (Å²) in [5.74, 6) is 0.0258. The summed E-state index contributed by atoms with van der Waals surface area (Å²) in [5.41, 5.74) is 3.52. The van der Waals surface area contributed by atoms with Crippen molar-refractivity contribution in [3.05, 3.63) is 64.2 Å². The van der Waals surface area contributed by atoms with Crippen molar-refractivity contribution in [2.45, 2.75) is 44.1 Å². The van der Waals surface area contributed by atoms with Crippen molar-refractivity contribution in [3.63, 3.8) is 0 Å². The van der Waals surface area contributed by atoms with Gasteiger partial charge in [0.25, 0.3) is 0 Å². The zero-order chi connectivity index (χ0) is 20.4. The van der Waals surface area contributed by atoms with Gasteiger partial charge in [0.15, 0.2) is 0 Å². The second-order valence-electron chi connectivity index (χ2n) is 7.88. The van der Waals surface area contributed by atoms with E-state index in [0.29, 0.717) is 18.1 Å². The Morgan fingerprint density at radius 2 is 1.79 bits per heavy atom. The van der Waals surface area contributed by atoms with E-state index < -0.39 is 5.41 Å². The van der Waals surface area contributed by atoms with Crippen molar-refractivity contribution in [1.29, 1.82) is 0 Å². The molecule has 29 heavy (non-hydrogen) atoms. The van der Waals surface area contributed by atoms with Crippen LogP contribution in [0.15, 0.2) is 42.5 Å². The number of carbonyl (C=O) groups is 2. The highest BCUT2D eigenvalue weighted by Gasteiger charge is 2.42. The summed E-state index contributed by atoms with van der Waals surface area (Å²) in [6.07, 6.45) is 4.21. The highest BCUT2D eigenvalue weighted by molar-refractivity contribution is 6.30. The number of hydrogen-bond acceptors (Lipinski definition) is 3. The summed E-state index contributed by atoms with van der Waals surface area (Å²) < 4.78 is 4.85. The molecule has 152 valence electrons. The first kappa shape index (κ1) is 19.8. The summed E-state index contributed by atoms with van der Waals surface area (Å²) >= 11 is 6.05. The lowest BCUT2D eigenvalue weighted by Crippen LogP contribution is -2.38. The molecule has 1 fully saturated rings. The minimum atomic E-state index is -0.515. The van der Waals surface area contributed by atoms with Crippen LogP contribution in [-0.2, 0) is 27.9 Å². The fraction of sp³-hybridized carbons (Fsp3) is 0.391. The standard InChI is InChI=1S/C23H25ClN2O3/c1-29-22(28)26-13-10-16-4-9-20(14-17(16)15-26)25-21(27)23(11-2-3-12-23)18-5-7-19(24)8-6-18/h4-9,14H,2-3,10-13,15H2,1H3,(H,25,27). The van der Waals surface area contributed by atoms with Gasteiger partial charge >= 0.3 is 6.09 Å². The Kier molecular flexibility index (Phi) is 5.50. The van der Waals surface area contributed by atoms with Gasteiger partial charge in [0.05, 0.1) is 12.5 Å². The van der Waals surface area contributed by atoms with Crippen molar-refractivity contribution < 1.29 is 14.3 Å². The van der Waals surface area contributed by atoms with Gasteiger partial charge in [0, 0.05) is 23.8 Å². The monoisotopic (exact) mass is 412 g/mol. The lowest BCUT2D eigenvalue weighted by atomic mass is 9.78. The molecule has 0 radical (unpaired) electrons. The van der Waals surface area contributed by atoms with E-state index in [0.717, 1.165) is 48.9 Å². The topological polar surface area (TPSA) is 58.6 Å². The molecule has 2 amide bonds. The number of ether oxygens (including phenoxy) is 1. The highest BCUT2D eigenvalue weighted by Crippen LogP contribution is 2.42. The van der Waals surface area contributed by atoms with E-state index in [1.807, 2.05) is 42.5 Å². The lowest BCUT2D eigenvalue weighted by Gasteiger charge is -2.30. The number of methoxy groups -OCH3 is 1. The number of amides is 2. The summed E-state index contributed by atoms with van der Waals surface area (Å²) in [6.45, 7) is 1.14. The third-order valence-electron chi connectivity index (χ3n) is 6.20. The van der Waals surface area contributed by atoms with Crippen molar-refractivity contribution in [2.75, 3.05) is 19.0 Å². The van der Waals surface area contributed by atoms with E-state index in [-0.39, 0.29) is 12.0 Å². The van der Waals surface area contributed by atoms with Crippen LogP contribution in [0.1, 0.15) is 42.4 Å². The fourth-order valence-electron chi connectivity index (χ4n) is 4.56. The Hall–Kier alpha value is -2.53. The van der Waals surface area contributed by atoms with Crippen molar-refractivity contribution >= 4 is 29.3 Å². The Balaban J connectivity index is 1.56. The molecule has 1 saturated carbocycles. The molecule has 0 unspecified atom stereocenters. The molecular weight excluding hydrogens is 388 g/mol. The van der Waals surface area contributed by atoms with Crippen LogP contribution in [0.4, 0.5) is 10.5 Å². The number of anilines is 1. The van der Waals surface area contributed by atoms with Crippen LogP contribution >= 0.6 is 11.6 Å². The SMILES string of the molecule is COC(=O)N1CCc2ccc(NC(=O)C3(c4ccc(Cl)cc4)CCCC3)cc2C1. The minimum Gasteiger partial charge on any atom is -0.453 e. The van der Waals surface area contributed by atoms with Gasteiger partial charge in [-0.1, -0.05) is 42.6 Å². The zero-order valence-electron chi connectivity index (χ0n) is 16.5. The van der Waals surface area contributed by atoms with Crippen LogP contribution in [0, 0.1) is 0 Å². The molecule has 0 spiro atoms. The molecule has 5 nitrogen and oxygen atoms in total. The molecule has 6 heteroatoms. The molecular formula is C23H25ClN2O3. The van der Waals surface area contributed by atoms with Gasteiger partial charge in [-0.05, 0) is 60.2 Å². The number of hydrogen-bond donors (Lipinski definition) is 1. The molecule has 1 aliphatic carbocycles. The molecule has 2 aromatic rings. The number of halogens is 1. The van der Waals surface area contributed by atoms with Crippen molar-refractivity contribution in [3.8, 4) is 0 Å². The number of benzene rings is 2. The van der Waals surface area contributed by atoms with Gasteiger partial charge in [-0.15, -0.1) is 0 Å². The molecule has 0 saturated heterocycles. The van der Waals surface area contributed by atoms with E-state index in [4.69, 9.17) is 16.3 Å².